The number of rotatable bonds is 0. The summed E-state index contributed by atoms with van der Waals surface area (Å²) in [6, 6.07) is 0. The SMILES string of the molecule is C1CCCC2OC2CCC1. The lowest BCUT2D eigenvalue weighted by atomic mass is 10.1. The van der Waals surface area contributed by atoms with Gasteiger partial charge in [-0.25, -0.2) is 0 Å². The van der Waals surface area contributed by atoms with Gasteiger partial charge in [-0.1, -0.05) is 32.1 Å². The molecule has 1 heterocycles. The first kappa shape index (κ1) is 6.66. The highest BCUT2D eigenvalue weighted by Gasteiger charge is 2.37. The van der Waals surface area contributed by atoms with Gasteiger partial charge < -0.3 is 4.74 Å². The molecular formula is C9H16O. The maximum atomic E-state index is 5.49. The third-order valence-corrected chi connectivity index (χ3v) is 2.66. The van der Waals surface area contributed by atoms with Crippen molar-refractivity contribution in [2.45, 2.75) is 57.2 Å². The fourth-order valence-corrected chi connectivity index (χ4v) is 1.91. The van der Waals surface area contributed by atoms with Crippen molar-refractivity contribution in [1.29, 1.82) is 0 Å². The molecule has 0 radical (unpaired) electrons. The van der Waals surface area contributed by atoms with Crippen molar-refractivity contribution in [2.24, 2.45) is 0 Å². The molecule has 1 nitrogen and oxygen atoms in total. The molecule has 0 amide bonds. The quantitative estimate of drug-likeness (QED) is 0.471. The van der Waals surface area contributed by atoms with Gasteiger partial charge in [-0.2, -0.15) is 0 Å². The highest BCUT2D eigenvalue weighted by molar-refractivity contribution is 4.84. The van der Waals surface area contributed by atoms with Gasteiger partial charge in [-0.3, -0.25) is 0 Å². The van der Waals surface area contributed by atoms with Crippen molar-refractivity contribution in [3.63, 3.8) is 0 Å². The van der Waals surface area contributed by atoms with Gasteiger partial charge >= 0.3 is 0 Å². The summed E-state index contributed by atoms with van der Waals surface area (Å²) in [4.78, 5) is 0. The zero-order valence-corrected chi connectivity index (χ0v) is 6.51. The van der Waals surface area contributed by atoms with Crippen molar-refractivity contribution < 1.29 is 4.74 Å². The van der Waals surface area contributed by atoms with Crippen LogP contribution in [0.1, 0.15) is 44.9 Å². The van der Waals surface area contributed by atoms with E-state index in [1.807, 2.05) is 0 Å². The van der Waals surface area contributed by atoms with Gasteiger partial charge in [0.05, 0.1) is 12.2 Å². The number of ether oxygens (including phenoxy) is 1. The van der Waals surface area contributed by atoms with E-state index in [4.69, 9.17) is 4.74 Å². The highest BCUT2D eigenvalue weighted by atomic mass is 16.6. The van der Waals surface area contributed by atoms with E-state index in [9.17, 15) is 0 Å². The maximum absolute atomic E-state index is 5.49. The Labute approximate surface area is 62.8 Å². The van der Waals surface area contributed by atoms with Crippen molar-refractivity contribution in [3.8, 4) is 0 Å². The summed E-state index contributed by atoms with van der Waals surface area (Å²) in [6.45, 7) is 0. The predicted octanol–water partition coefficient (Wildman–Crippen LogP) is 2.50. The molecular weight excluding hydrogens is 124 g/mol. The van der Waals surface area contributed by atoms with E-state index in [1.165, 1.54) is 44.9 Å². The minimum absolute atomic E-state index is 0.679. The molecule has 10 heavy (non-hydrogen) atoms. The van der Waals surface area contributed by atoms with Gasteiger partial charge in [-0.05, 0) is 12.8 Å². The second kappa shape index (κ2) is 2.91. The Kier molecular flexibility index (Phi) is 1.94. The fraction of sp³-hybridized carbons (Fsp3) is 1.00. The average Bonchev–Trinajstić information content (AvgIpc) is 2.66. The van der Waals surface area contributed by atoms with Gasteiger partial charge in [0.1, 0.15) is 0 Å². The third-order valence-electron chi connectivity index (χ3n) is 2.66. The lowest BCUT2D eigenvalue weighted by Gasteiger charge is -1.95. The molecule has 58 valence electrons. The molecule has 2 aliphatic rings. The Balaban J connectivity index is 1.77. The van der Waals surface area contributed by atoms with Crippen LogP contribution in [0.5, 0.6) is 0 Å². The minimum Gasteiger partial charge on any atom is -0.370 e. The van der Waals surface area contributed by atoms with Crippen LogP contribution in [-0.4, -0.2) is 12.2 Å². The monoisotopic (exact) mass is 140 g/mol. The Morgan fingerprint density at radius 1 is 0.700 bits per heavy atom. The molecule has 0 N–H and O–H groups in total. The molecule has 1 saturated heterocycles. The van der Waals surface area contributed by atoms with Crippen LogP contribution >= 0.6 is 0 Å². The first-order valence-electron chi connectivity index (χ1n) is 4.62. The van der Waals surface area contributed by atoms with Crippen LogP contribution in [0.15, 0.2) is 0 Å². The van der Waals surface area contributed by atoms with Crippen molar-refractivity contribution in [1.82, 2.24) is 0 Å². The molecule has 2 fully saturated rings. The summed E-state index contributed by atoms with van der Waals surface area (Å²) in [7, 11) is 0. The molecule has 2 atom stereocenters. The normalized spacial score (nSPS) is 40.8. The number of hydrogen-bond donors (Lipinski definition) is 0. The molecule has 0 aromatic heterocycles. The van der Waals surface area contributed by atoms with Gasteiger partial charge in [0.2, 0.25) is 0 Å². The predicted molar refractivity (Wildman–Crippen MR) is 41.0 cm³/mol. The smallest absolute Gasteiger partial charge is 0.0841 e. The third kappa shape index (κ3) is 1.51. The summed E-state index contributed by atoms with van der Waals surface area (Å²) in [5.74, 6) is 0. The van der Waals surface area contributed by atoms with Crippen LogP contribution in [-0.2, 0) is 4.74 Å². The van der Waals surface area contributed by atoms with E-state index in [-0.39, 0.29) is 0 Å². The van der Waals surface area contributed by atoms with Gasteiger partial charge in [0.15, 0.2) is 0 Å². The van der Waals surface area contributed by atoms with Gasteiger partial charge in [0, 0.05) is 0 Å². The number of fused-ring (bicyclic) bond motifs is 1. The lowest BCUT2D eigenvalue weighted by Crippen LogP contribution is -1.91. The molecule has 0 aromatic carbocycles. The van der Waals surface area contributed by atoms with Crippen LogP contribution in [0.3, 0.4) is 0 Å². The number of hydrogen-bond acceptors (Lipinski definition) is 1. The Morgan fingerprint density at radius 3 is 1.80 bits per heavy atom. The molecule has 2 unspecified atom stereocenters. The van der Waals surface area contributed by atoms with E-state index in [1.54, 1.807) is 0 Å². The lowest BCUT2D eigenvalue weighted by molar-refractivity contribution is 0.341. The summed E-state index contributed by atoms with van der Waals surface area (Å²) in [5, 5.41) is 0. The largest absolute Gasteiger partial charge is 0.370 e. The van der Waals surface area contributed by atoms with E-state index in [0.29, 0.717) is 12.2 Å². The van der Waals surface area contributed by atoms with E-state index >= 15 is 0 Å². The Bertz CT molecular complexity index is 99.3. The Morgan fingerprint density at radius 2 is 1.20 bits per heavy atom. The zero-order valence-electron chi connectivity index (χ0n) is 6.51. The maximum Gasteiger partial charge on any atom is 0.0841 e. The minimum atomic E-state index is 0.679. The summed E-state index contributed by atoms with van der Waals surface area (Å²) >= 11 is 0. The van der Waals surface area contributed by atoms with Crippen LogP contribution in [0.4, 0.5) is 0 Å². The van der Waals surface area contributed by atoms with E-state index in [2.05, 4.69) is 0 Å². The molecule has 1 saturated carbocycles. The van der Waals surface area contributed by atoms with Crippen LogP contribution in [0.25, 0.3) is 0 Å². The summed E-state index contributed by atoms with van der Waals surface area (Å²) < 4.78 is 5.49. The number of epoxide rings is 1. The van der Waals surface area contributed by atoms with Crippen LogP contribution in [0, 0.1) is 0 Å². The van der Waals surface area contributed by atoms with Gasteiger partial charge in [0.25, 0.3) is 0 Å². The molecule has 0 spiro atoms. The average molecular weight is 140 g/mol. The van der Waals surface area contributed by atoms with Crippen molar-refractivity contribution >= 4 is 0 Å². The molecule has 0 aromatic rings. The molecule has 1 aliphatic heterocycles. The summed E-state index contributed by atoms with van der Waals surface area (Å²) in [5.41, 5.74) is 0. The summed E-state index contributed by atoms with van der Waals surface area (Å²) in [6.07, 6.45) is 11.2. The standard InChI is InChI=1S/C9H16O/c1-2-4-6-8-9(10-8)7-5-3-1/h8-9H,1-7H2. The molecule has 1 heteroatoms. The van der Waals surface area contributed by atoms with E-state index in [0.717, 1.165) is 0 Å². The zero-order chi connectivity index (χ0) is 6.81. The second-order valence-corrected chi connectivity index (χ2v) is 3.56. The van der Waals surface area contributed by atoms with Crippen molar-refractivity contribution in [2.75, 3.05) is 0 Å². The molecule has 2 rings (SSSR count). The Hall–Kier alpha value is -0.0400. The first-order chi connectivity index (χ1) is 4.97. The van der Waals surface area contributed by atoms with Crippen LogP contribution in [0.2, 0.25) is 0 Å². The fourth-order valence-electron chi connectivity index (χ4n) is 1.91. The molecule has 0 bridgehead atoms. The van der Waals surface area contributed by atoms with Gasteiger partial charge in [-0.15, -0.1) is 0 Å². The van der Waals surface area contributed by atoms with Crippen molar-refractivity contribution in [3.05, 3.63) is 0 Å². The highest BCUT2D eigenvalue weighted by Crippen LogP contribution is 2.33. The van der Waals surface area contributed by atoms with E-state index < -0.39 is 0 Å². The first-order valence-corrected chi connectivity index (χ1v) is 4.62. The second-order valence-electron chi connectivity index (χ2n) is 3.56. The topological polar surface area (TPSA) is 12.5 Å². The molecule has 1 aliphatic carbocycles. The van der Waals surface area contributed by atoms with Crippen LogP contribution < -0.4 is 0 Å².